The maximum Gasteiger partial charge on any atom is 0.315 e. The van der Waals surface area contributed by atoms with Crippen molar-refractivity contribution < 1.29 is 19.5 Å². The van der Waals surface area contributed by atoms with Gasteiger partial charge in [-0.1, -0.05) is 0 Å². The molecular weight excluding hydrogens is 262 g/mol. The smallest absolute Gasteiger partial charge is 0.315 e. The van der Waals surface area contributed by atoms with Crippen LogP contribution in [0.2, 0.25) is 0 Å². The second-order valence-corrected chi connectivity index (χ2v) is 6.25. The molecule has 1 fully saturated rings. The van der Waals surface area contributed by atoms with E-state index in [4.69, 9.17) is 0 Å². The highest BCUT2D eigenvalue weighted by Gasteiger charge is 2.45. The lowest BCUT2D eigenvalue weighted by Crippen LogP contribution is -2.60. The molecule has 1 rings (SSSR count). The molecule has 0 aromatic rings. The third-order valence-corrected chi connectivity index (χ3v) is 4.26. The number of carboxylic acid groups (broad SMARTS) is 1. The summed E-state index contributed by atoms with van der Waals surface area (Å²) in [6.07, 6.45) is 0.561. The summed E-state index contributed by atoms with van der Waals surface area (Å²) in [4.78, 5) is 36.5. The van der Waals surface area contributed by atoms with Crippen molar-refractivity contribution in [2.75, 3.05) is 13.6 Å². The molecule has 0 bridgehead atoms. The summed E-state index contributed by atoms with van der Waals surface area (Å²) in [6, 6.07) is -1.07. The molecule has 0 spiro atoms. The Balaban J connectivity index is 2.67. The fourth-order valence-corrected chi connectivity index (χ4v) is 1.86. The van der Waals surface area contributed by atoms with Crippen LogP contribution < -0.4 is 10.6 Å². The fraction of sp³-hybridized carbons (Fsp3) is 0.769. The molecule has 1 unspecified atom stereocenters. The lowest BCUT2D eigenvalue weighted by Gasteiger charge is -2.38. The number of rotatable bonds is 4. The van der Waals surface area contributed by atoms with Gasteiger partial charge in [-0.2, -0.15) is 0 Å². The van der Waals surface area contributed by atoms with E-state index in [2.05, 4.69) is 10.6 Å². The zero-order valence-corrected chi connectivity index (χ0v) is 12.6. The summed E-state index contributed by atoms with van der Waals surface area (Å²) >= 11 is 0. The second kappa shape index (κ2) is 5.30. The third-order valence-electron chi connectivity index (χ3n) is 4.26. The Bertz CT molecular complexity index is 431. The number of hydrogen-bond acceptors (Lipinski definition) is 3. The van der Waals surface area contributed by atoms with Gasteiger partial charge in [-0.15, -0.1) is 0 Å². The zero-order chi connectivity index (χ0) is 15.7. The maximum absolute atomic E-state index is 12.0. The Morgan fingerprint density at radius 3 is 2.25 bits per heavy atom. The first-order valence-corrected chi connectivity index (χ1v) is 6.56. The highest BCUT2D eigenvalue weighted by atomic mass is 16.4. The lowest BCUT2D eigenvalue weighted by molar-refractivity contribution is -0.150. The quantitative estimate of drug-likeness (QED) is 0.696. The van der Waals surface area contributed by atoms with Crippen LogP contribution in [0.15, 0.2) is 0 Å². The molecule has 114 valence electrons. The molecule has 3 N–H and O–H groups in total. The summed E-state index contributed by atoms with van der Waals surface area (Å²) in [6.45, 7) is 6.98. The highest BCUT2D eigenvalue weighted by molar-refractivity contribution is 5.89. The molecule has 1 saturated heterocycles. The summed E-state index contributed by atoms with van der Waals surface area (Å²) in [5.74, 6) is -1.13. The molecule has 20 heavy (non-hydrogen) atoms. The van der Waals surface area contributed by atoms with Gasteiger partial charge in [0.2, 0.25) is 5.91 Å². The first kappa shape index (κ1) is 16.3. The minimum absolute atomic E-state index is 0.129. The molecule has 1 aliphatic heterocycles. The Labute approximate surface area is 118 Å². The molecule has 0 aliphatic carbocycles. The van der Waals surface area contributed by atoms with Crippen molar-refractivity contribution >= 4 is 17.9 Å². The van der Waals surface area contributed by atoms with Crippen LogP contribution >= 0.6 is 0 Å². The number of nitrogens with zero attached hydrogens (tertiary/aromatic N) is 1. The normalized spacial score (nSPS) is 19.9. The van der Waals surface area contributed by atoms with E-state index in [0.717, 1.165) is 0 Å². The van der Waals surface area contributed by atoms with E-state index in [-0.39, 0.29) is 5.91 Å². The Morgan fingerprint density at radius 2 is 1.85 bits per heavy atom. The van der Waals surface area contributed by atoms with Crippen molar-refractivity contribution in [1.29, 1.82) is 0 Å². The summed E-state index contributed by atoms with van der Waals surface area (Å²) < 4.78 is 0. The number of nitrogens with one attached hydrogen (secondary N) is 2. The van der Waals surface area contributed by atoms with E-state index in [1.54, 1.807) is 39.6 Å². The summed E-state index contributed by atoms with van der Waals surface area (Å²) in [7, 11) is 1.68. The molecule has 7 heteroatoms. The van der Waals surface area contributed by atoms with Crippen molar-refractivity contribution in [3.63, 3.8) is 0 Å². The third kappa shape index (κ3) is 3.02. The molecule has 1 heterocycles. The standard InChI is InChI=1S/C13H23N3O4/c1-12(2,10(18)19)13(3,4)15-11(20)14-8-6-7-16(5)9(8)17/h8H,6-7H2,1-5H3,(H,18,19)(H2,14,15,20). The summed E-state index contributed by atoms with van der Waals surface area (Å²) in [5.41, 5.74) is -2.10. The van der Waals surface area contributed by atoms with Gasteiger partial charge in [0.05, 0.1) is 11.0 Å². The monoisotopic (exact) mass is 285 g/mol. The van der Waals surface area contributed by atoms with Gasteiger partial charge in [0, 0.05) is 13.6 Å². The van der Waals surface area contributed by atoms with Crippen molar-refractivity contribution in [1.82, 2.24) is 15.5 Å². The van der Waals surface area contributed by atoms with Gasteiger partial charge in [-0.3, -0.25) is 9.59 Å². The second-order valence-electron chi connectivity index (χ2n) is 6.25. The van der Waals surface area contributed by atoms with Crippen LogP contribution in [-0.2, 0) is 9.59 Å². The van der Waals surface area contributed by atoms with Crippen LogP contribution in [0.4, 0.5) is 4.79 Å². The Hall–Kier alpha value is -1.79. The van der Waals surface area contributed by atoms with Crippen LogP contribution in [0.5, 0.6) is 0 Å². The molecule has 0 aromatic carbocycles. The van der Waals surface area contributed by atoms with Crippen molar-refractivity contribution in [2.45, 2.75) is 45.7 Å². The van der Waals surface area contributed by atoms with Crippen LogP contribution in [0.25, 0.3) is 0 Å². The van der Waals surface area contributed by atoms with Crippen LogP contribution in [0.1, 0.15) is 34.1 Å². The molecule has 0 aromatic heterocycles. The maximum atomic E-state index is 12.0. The molecule has 1 atom stereocenters. The van der Waals surface area contributed by atoms with E-state index < -0.39 is 29.0 Å². The van der Waals surface area contributed by atoms with Crippen LogP contribution in [0, 0.1) is 5.41 Å². The van der Waals surface area contributed by atoms with Crippen molar-refractivity contribution in [3.8, 4) is 0 Å². The number of likely N-dealkylation sites (tertiary alicyclic amines) is 1. The largest absolute Gasteiger partial charge is 0.481 e. The molecule has 1 aliphatic rings. The molecular formula is C13H23N3O4. The Kier molecular flexibility index (Phi) is 4.31. The van der Waals surface area contributed by atoms with E-state index in [0.29, 0.717) is 13.0 Å². The average molecular weight is 285 g/mol. The number of carboxylic acids is 1. The number of urea groups is 1. The molecule has 0 saturated carbocycles. The number of likely N-dealkylation sites (N-methyl/N-ethyl adjacent to an activating group) is 1. The van der Waals surface area contributed by atoms with E-state index in [1.165, 1.54) is 0 Å². The van der Waals surface area contributed by atoms with Gasteiger partial charge >= 0.3 is 12.0 Å². The predicted molar refractivity (Wildman–Crippen MR) is 73.2 cm³/mol. The lowest BCUT2D eigenvalue weighted by atomic mass is 9.74. The number of carbonyl (C=O) groups excluding carboxylic acids is 2. The number of carbonyl (C=O) groups is 3. The van der Waals surface area contributed by atoms with Gasteiger partial charge in [-0.25, -0.2) is 4.79 Å². The van der Waals surface area contributed by atoms with Crippen LogP contribution in [-0.4, -0.2) is 53.1 Å². The average Bonchev–Trinajstić information content (AvgIpc) is 2.59. The van der Waals surface area contributed by atoms with Gasteiger partial charge in [-0.05, 0) is 34.1 Å². The minimum Gasteiger partial charge on any atom is -0.481 e. The minimum atomic E-state index is -1.14. The SMILES string of the molecule is CN1CCC(NC(=O)NC(C)(C)C(C)(C)C(=O)O)C1=O. The van der Waals surface area contributed by atoms with E-state index in [9.17, 15) is 19.5 Å². The van der Waals surface area contributed by atoms with Gasteiger partial charge in [0.15, 0.2) is 0 Å². The van der Waals surface area contributed by atoms with E-state index in [1.807, 2.05) is 0 Å². The summed E-state index contributed by atoms with van der Waals surface area (Å²) in [5, 5.41) is 14.4. The fourth-order valence-electron chi connectivity index (χ4n) is 1.86. The first-order valence-electron chi connectivity index (χ1n) is 6.56. The van der Waals surface area contributed by atoms with Gasteiger partial charge in [0.1, 0.15) is 6.04 Å². The van der Waals surface area contributed by atoms with Crippen molar-refractivity contribution in [3.05, 3.63) is 0 Å². The number of hydrogen-bond donors (Lipinski definition) is 3. The predicted octanol–water partition coefficient (Wildman–Crippen LogP) is 0.406. The number of amides is 3. The zero-order valence-electron chi connectivity index (χ0n) is 12.6. The molecule has 3 amide bonds. The van der Waals surface area contributed by atoms with Gasteiger partial charge in [0.25, 0.3) is 0 Å². The first-order chi connectivity index (χ1) is 8.99. The topological polar surface area (TPSA) is 98.7 Å². The van der Waals surface area contributed by atoms with Gasteiger partial charge < -0.3 is 20.6 Å². The van der Waals surface area contributed by atoms with Crippen molar-refractivity contribution in [2.24, 2.45) is 5.41 Å². The highest BCUT2D eigenvalue weighted by Crippen LogP contribution is 2.30. The Morgan fingerprint density at radius 1 is 1.30 bits per heavy atom. The van der Waals surface area contributed by atoms with E-state index >= 15 is 0 Å². The molecule has 7 nitrogen and oxygen atoms in total. The molecule has 0 radical (unpaired) electrons. The van der Waals surface area contributed by atoms with Crippen LogP contribution in [0.3, 0.4) is 0 Å². The number of aliphatic carboxylic acids is 1.